The van der Waals surface area contributed by atoms with Gasteiger partial charge in [0.05, 0.1) is 12.7 Å². The summed E-state index contributed by atoms with van der Waals surface area (Å²) in [6.07, 6.45) is 2.49. The maximum absolute atomic E-state index is 11.2. The highest BCUT2D eigenvalue weighted by Gasteiger charge is 2.55. The maximum atomic E-state index is 11.2. The van der Waals surface area contributed by atoms with E-state index in [0.717, 1.165) is 50.7 Å². The van der Waals surface area contributed by atoms with Crippen LogP contribution in [0.2, 0.25) is 0 Å². The Kier molecular flexibility index (Phi) is 7.32. The smallest absolute Gasteiger partial charge is 0.335 e. The third-order valence-corrected chi connectivity index (χ3v) is 9.39. The first kappa shape index (κ1) is 26.9. The van der Waals surface area contributed by atoms with Gasteiger partial charge in [0.2, 0.25) is 0 Å². The molecule has 0 aromatic heterocycles. The van der Waals surface area contributed by atoms with Gasteiger partial charge >= 0.3 is 5.97 Å². The number of aromatic carboxylic acids is 1. The van der Waals surface area contributed by atoms with Gasteiger partial charge in [0.1, 0.15) is 5.75 Å². The molecule has 3 aromatic carbocycles. The van der Waals surface area contributed by atoms with Gasteiger partial charge in [-0.15, -0.1) is 0 Å². The Hall–Kier alpha value is -3.35. The quantitative estimate of drug-likeness (QED) is 0.376. The largest absolute Gasteiger partial charge is 0.497 e. The van der Waals surface area contributed by atoms with Gasteiger partial charge in [0.25, 0.3) is 0 Å². The fourth-order valence-corrected chi connectivity index (χ4v) is 7.23. The molecule has 2 saturated heterocycles. The minimum Gasteiger partial charge on any atom is -0.497 e. The molecule has 2 aliphatic heterocycles. The van der Waals surface area contributed by atoms with Crippen molar-refractivity contribution in [3.63, 3.8) is 0 Å². The van der Waals surface area contributed by atoms with Crippen LogP contribution in [-0.2, 0) is 6.54 Å². The molecule has 1 aliphatic carbocycles. The zero-order valence-corrected chi connectivity index (χ0v) is 23.9. The number of carboxylic acid groups (broad SMARTS) is 1. The van der Waals surface area contributed by atoms with Gasteiger partial charge in [-0.2, -0.15) is 0 Å². The summed E-state index contributed by atoms with van der Waals surface area (Å²) in [5.74, 6) is 0.532. The van der Waals surface area contributed by atoms with Gasteiger partial charge in [0, 0.05) is 62.5 Å². The van der Waals surface area contributed by atoms with E-state index in [-0.39, 0.29) is 0 Å². The molecule has 40 heavy (non-hydrogen) atoms. The van der Waals surface area contributed by atoms with Crippen LogP contribution in [-0.4, -0.2) is 66.8 Å². The molecule has 0 bridgehead atoms. The lowest BCUT2D eigenvalue weighted by molar-refractivity contribution is -0.0647. The summed E-state index contributed by atoms with van der Waals surface area (Å²) in [4.78, 5) is 19.1. The van der Waals surface area contributed by atoms with Gasteiger partial charge in [-0.25, -0.2) is 4.79 Å². The van der Waals surface area contributed by atoms with Crippen molar-refractivity contribution in [1.82, 2.24) is 9.80 Å². The molecule has 6 heteroatoms. The zero-order valence-electron chi connectivity index (χ0n) is 23.9. The highest BCUT2D eigenvalue weighted by atomic mass is 16.5. The lowest BCUT2D eigenvalue weighted by atomic mass is 9.59. The molecule has 1 atom stereocenters. The third kappa shape index (κ3) is 5.23. The predicted molar refractivity (Wildman–Crippen MR) is 159 cm³/mol. The minimum atomic E-state index is -0.869. The number of carboxylic acids is 1. The average Bonchev–Trinajstić information content (AvgIpc) is 2.92. The van der Waals surface area contributed by atoms with Crippen molar-refractivity contribution in [2.24, 2.45) is 5.41 Å². The number of rotatable bonds is 8. The molecular weight excluding hydrogens is 498 g/mol. The van der Waals surface area contributed by atoms with E-state index in [2.05, 4.69) is 77.1 Å². The number of hydrogen-bond donors (Lipinski definition) is 1. The minimum absolute atomic E-state index is 0.349. The number of hydrogen-bond acceptors (Lipinski definition) is 5. The second kappa shape index (κ2) is 10.9. The van der Waals surface area contributed by atoms with Crippen molar-refractivity contribution in [2.75, 3.05) is 44.7 Å². The van der Waals surface area contributed by atoms with E-state index < -0.39 is 5.97 Å². The lowest BCUT2D eigenvalue weighted by Gasteiger charge is -2.63. The Balaban J connectivity index is 1.14. The van der Waals surface area contributed by atoms with Crippen LogP contribution < -0.4 is 9.64 Å². The monoisotopic (exact) mass is 539 g/mol. The van der Waals surface area contributed by atoms with Crippen LogP contribution in [0.4, 0.5) is 5.69 Å². The molecule has 1 spiro atoms. The molecule has 0 radical (unpaired) electrons. The van der Waals surface area contributed by atoms with Crippen LogP contribution in [0.1, 0.15) is 65.7 Å². The van der Waals surface area contributed by atoms with E-state index in [0.29, 0.717) is 29.0 Å². The van der Waals surface area contributed by atoms with Crippen LogP contribution in [0, 0.1) is 5.41 Å². The first-order valence-corrected chi connectivity index (χ1v) is 14.6. The summed E-state index contributed by atoms with van der Waals surface area (Å²) in [6, 6.07) is 25.9. The van der Waals surface area contributed by atoms with Crippen LogP contribution in [0.15, 0.2) is 72.8 Å². The summed E-state index contributed by atoms with van der Waals surface area (Å²) >= 11 is 0. The fraction of sp³-hybridized carbons (Fsp3) is 0.441. The van der Waals surface area contributed by atoms with Crippen LogP contribution in [0.25, 0.3) is 0 Å². The van der Waals surface area contributed by atoms with Crippen molar-refractivity contribution in [1.29, 1.82) is 0 Å². The molecule has 2 heterocycles. The zero-order chi connectivity index (χ0) is 27.9. The van der Waals surface area contributed by atoms with Gasteiger partial charge in [-0.05, 0) is 71.8 Å². The number of methoxy groups -OCH3 is 1. The number of nitrogens with zero attached hydrogens (tertiary/aromatic N) is 3. The van der Waals surface area contributed by atoms with Crippen LogP contribution in [0.5, 0.6) is 5.75 Å². The van der Waals surface area contributed by atoms with Gasteiger partial charge < -0.3 is 14.7 Å². The van der Waals surface area contributed by atoms with Crippen molar-refractivity contribution in [3.05, 3.63) is 95.1 Å². The number of ether oxygens (including phenoxy) is 1. The SMILES string of the molecule is COc1ccc(CN2CCN(C3CC4(C3)CN(c3ccc(C(=O)O)cc3)C4)C(c3ccccc3C(C)C)C2)cc1. The highest BCUT2D eigenvalue weighted by molar-refractivity contribution is 5.88. The van der Waals surface area contributed by atoms with Crippen LogP contribution in [0.3, 0.4) is 0 Å². The Labute approximate surface area is 238 Å². The maximum Gasteiger partial charge on any atom is 0.335 e. The summed E-state index contributed by atoms with van der Waals surface area (Å²) < 4.78 is 5.36. The fourth-order valence-electron chi connectivity index (χ4n) is 7.23. The highest BCUT2D eigenvalue weighted by Crippen LogP contribution is 2.53. The summed E-state index contributed by atoms with van der Waals surface area (Å²) in [7, 11) is 1.72. The molecule has 0 amide bonds. The third-order valence-electron chi connectivity index (χ3n) is 9.39. The Morgan fingerprint density at radius 3 is 2.33 bits per heavy atom. The Bertz CT molecular complexity index is 1320. The molecular formula is C34H41N3O3. The predicted octanol–water partition coefficient (Wildman–Crippen LogP) is 6.04. The first-order valence-electron chi connectivity index (χ1n) is 14.6. The lowest BCUT2D eigenvalue weighted by Crippen LogP contribution is -2.68. The summed E-state index contributed by atoms with van der Waals surface area (Å²) in [6.45, 7) is 10.9. The average molecular weight is 540 g/mol. The molecule has 3 aromatic rings. The normalized spacial score (nSPS) is 21.3. The molecule has 3 fully saturated rings. The Morgan fingerprint density at radius 1 is 0.975 bits per heavy atom. The van der Waals surface area contributed by atoms with E-state index in [1.54, 1.807) is 19.2 Å². The van der Waals surface area contributed by atoms with Crippen molar-refractivity contribution < 1.29 is 14.6 Å². The first-order chi connectivity index (χ1) is 19.3. The number of piperazine rings is 1. The topological polar surface area (TPSA) is 56.2 Å². The van der Waals surface area contributed by atoms with Crippen molar-refractivity contribution in [3.8, 4) is 5.75 Å². The molecule has 3 aliphatic rings. The van der Waals surface area contributed by atoms with Gasteiger partial charge in [-0.3, -0.25) is 9.80 Å². The standard InChI is InChI=1S/C34H41N3O3/c1-24(2)30-6-4-5-7-31(30)32-21-35(20-25-8-14-29(40-3)15-9-25)16-17-37(32)28-18-34(19-28)22-36(23-34)27-12-10-26(11-13-27)33(38)39/h4-15,24,28,32H,16-23H2,1-3H3,(H,38,39). The van der Waals surface area contributed by atoms with Gasteiger partial charge in [-0.1, -0.05) is 50.2 Å². The summed E-state index contributed by atoms with van der Waals surface area (Å²) in [5, 5.41) is 9.20. The van der Waals surface area contributed by atoms with E-state index in [9.17, 15) is 9.90 Å². The molecule has 6 nitrogen and oxygen atoms in total. The molecule has 1 unspecified atom stereocenters. The molecule has 6 rings (SSSR count). The number of benzene rings is 3. The van der Waals surface area contributed by atoms with E-state index in [1.807, 2.05) is 12.1 Å². The second-order valence-corrected chi connectivity index (χ2v) is 12.4. The van der Waals surface area contributed by atoms with E-state index >= 15 is 0 Å². The molecule has 1 N–H and O–H groups in total. The van der Waals surface area contributed by atoms with Crippen molar-refractivity contribution >= 4 is 11.7 Å². The van der Waals surface area contributed by atoms with Crippen molar-refractivity contribution in [2.45, 2.75) is 51.2 Å². The molecule has 210 valence electrons. The Morgan fingerprint density at radius 2 is 1.68 bits per heavy atom. The van der Waals surface area contributed by atoms with Crippen LogP contribution >= 0.6 is 0 Å². The van der Waals surface area contributed by atoms with E-state index in [1.165, 1.54) is 29.5 Å². The van der Waals surface area contributed by atoms with E-state index in [4.69, 9.17) is 4.74 Å². The molecule has 1 saturated carbocycles. The second-order valence-electron chi connectivity index (χ2n) is 12.4. The summed E-state index contributed by atoms with van der Waals surface area (Å²) in [5.41, 5.74) is 6.18. The van der Waals surface area contributed by atoms with Gasteiger partial charge in [0.15, 0.2) is 0 Å². The number of anilines is 1. The number of carbonyl (C=O) groups is 1.